The molecule has 1 amide bonds. The topological polar surface area (TPSA) is 46.3 Å². The molecule has 3 rings (SSSR count). The summed E-state index contributed by atoms with van der Waals surface area (Å²) in [6, 6.07) is 6.29. The van der Waals surface area contributed by atoms with Crippen molar-refractivity contribution in [1.29, 1.82) is 0 Å². The van der Waals surface area contributed by atoms with Crippen LogP contribution in [0.15, 0.2) is 18.2 Å². The number of nitrogens with two attached hydrogens (primary N) is 1. The molecule has 0 aromatic heterocycles. The summed E-state index contributed by atoms with van der Waals surface area (Å²) >= 11 is 0. The van der Waals surface area contributed by atoms with Crippen LogP contribution in [-0.2, 0) is 17.6 Å². The van der Waals surface area contributed by atoms with Crippen molar-refractivity contribution in [2.24, 2.45) is 5.73 Å². The number of hydrogen-bond donors (Lipinski definition) is 1. The largest absolute Gasteiger partial charge is 0.368 e. The van der Waals surface area contributed by atoms with Gasteiger partial charge in [-0.1, -0.05) is 18.2 Å². The highest BCUT2D eigenvalue weighted by molar-refractivity contribution is 5.87. The van der Waals surface area contributed by atoms with E-state index >= 15 is 0 Å². The van der Waals surface area contributed by atoms with Gasteiger partial charge in [0, 0.05) is 18.7 Å². The number of carbonyl (C=O) groups is 1. The molecule has 0 saturated heterocycles. The molecule has 2 aliphatic rings. The van der Waals surface area contributed by atoms with Gasteiger partial charge in [-0.15, -0.1) is 0 Å². The van der Waals surface area contributed by atoms with Gasteiger partial charge in [-0.05, 0) is 30.4 Å². The first-order valence-corrected chi connectivity index (χ1v) is 5.94. The Kier molecular flexibility index (Phi) is 2.13. The molecule has 1 atom stereocenters. The number of aryl methyl sites for hydroxylation is 1. The average molecular weight is 216 g/mol. The second kappa shape index (κ2) is 3.51. The van der Waals surface area contributed by atoms with Gasteiger partial charge in [0.1, 0.15) is 6.04 Å². The number of anilines is 1. The summed E-state index contributed by atoms with van der Waals surface area (Å²) in [5.41, 5.74) is 9.47. The van der Waals surface area contributed by atoms with E-state index in [0.29, 0.717) is 0 Å². The normalized spacial score (nSPS) is 22.8. The number of hydrogen-bond acceptors (Lipinski definition) is 2. The van der Waals surface area contributed by atoms with Crippen LogP contribution in [0.25, 0.3) is 0 Å². The van der Waals surface area contributed by atoms with Gasteiger partial charge in [-0.25, -0.2) is 0 Å². The minimum Gasteiger partial charge on any atom is -0.368 e. The Morgan fingerprint density at radius 1 is 1.31 bits per heavy atom. The van der Waals surface area contributed by atoms with E-state index in [1.54, 1.807) is 0 Å². The van der Waals surface area contributed by atoms with E-state index in [-0.39, 0.29) is 11.9 Å². The van der Waals surface area contributed by atoms with Gasteiger partial charge in [-0.2, -0.15) is 0 Å². The average Bonchev–Trinajstić information content (AvgIpc) is 2.50. The van der Waals surface area contributed by atoms with E-state index < -0.39 is 0 Å². The maximum Gasteiger partial charge on any atom is 0.240 e. The highest BCUT2D eigenvalue weighted by Crippen LogP contribution is 2.37. The molecule has 3 nitrogen and oxygen atoms in total. The van der Waals surface area contributed by atoms with Crippen LogP contribution in [0.3, 0.4) is 0 Å². The summed E-state index contributed by atoms with van der Waals surface area (Å²) in [5, 5.41) is 0. The molecule has 1 unspecified atom stereocenters. The molecule has 2 heterocycles. The van der Waals surface area contributed by atoms with Crippen LogP contribution in [0, 0.1) is 0 Å². The molecule has 2 aliphatic heterocycles. The third-order valence-electron chi connectivity index (χ3n) is 3.70. The van der Waals surface area contributed by atoms with Crippen LogP contribution < -0.4 is 10.6 Å². The minimum absolute atomic E-state index is 0.116. The van der Waals surface area contributed by atoms with E-state index in [1.165, 1.54) is 23.2 Å². The lowest BCUT2D eigenvalue weighted by molar-refractivity contribution is -0.119. The van der Waals surface area contributed by atoms with Crippen LogP contribution in [0.1, 0.15) is 24.0 Å². The number of carbonyl (C=O) groups excluding carboxylic acids is 1. The molecule has 0 fully saturated rings. The first kappa shape index (κ1) is 9.70. The zero-order chi connectivity index (χ0) is 11.1. The molecule has 16 heavy (non-hydrogen) atoms. The first-order chi connectivity index (χ1) is 7.77. The van der Waals surface area contributed by atoms with Crippen LogP contribution in [0.5, 0.6) is 0 Å². The van der Waals surface area contributed by atoms with Crippen LogP contribution in [-0.4, -0.2) is 18.5 Å². The quantitative estimate of drug-likeness (QED) is 0.767. The third-order valence-corrected chi connectivity index (χ3v) is 3.70. The van der Waals surface area contributed by atoms with Crippen molar-refractivity contribution < 1.29 is 4.79 Å². The van der Waals surface area contributed by atoms with Crippen LogP contribution in [0.4, 0.5) is 5.69 Å². The Morgan fingerprint density at radius 2 is 2.12 bits per heavy atom. The van der Waals surface area contributed by atoms with Gasteiger partial charge in [0.15, 0.2) is 0 Å². The molecule has 84 valence electrons. The highest BCUT2D eigenvalue weighted by Gasteiger charge is 2.35. The Balaban J connectivity index is 2.10. The standard InChI is InChI=1S/C13H16N2O/c14-13(16)11-8-10-6-3-5-9-4-1-2-7-15(11)12(9)10/h3,5-6,11H,1-2,4,7-8H2,(H2,14,16). The zero-order valence-electron chi connectivity index (χ0n) is 9.28. The second-order valence-electron chi connectivity index (χ2n) is 4.70. The van der Waals surface area contributed by atoms with Crippen LogP contribution >= 0.6 is 0 Å². The molecule has 0 saturated carbocycles. The number of nitrogens with zero attached hydrogens (tertiary/aromatic N) is 1. The SMILES string of the molecule is NC(=O)C1Cc2cccc3c2N1CCCC3. The molecule has 0 aliphatic carbocycles. The minimum atomic E-state index is -0.191. The van der Waals surface area contributed by atoms with Gasteiger partial charge in [0.05, 0.1) is 0 Å². The van der Waals surface area contributed by atoms with Crippen molar-refractivity contribution >= 4 is 11.6 Å². The summed E-state index contributed by atoms with van der Waals surface area (Å²) in [5.74, 6) is -0.191. The van der Waals surface area contributed by atoms with Crippen molar-refractivity contribution in [2.75, 3.05) is 11.4 Å². The van der Waals surface area contributed by atoms with Crippen molar-refractivity contribution in [3.05, 3.63) is 29.3 Å². The number of para-hydroxylation sites is 1. The maximum absolute atomic E-state index is 11.5. The lowest BCUT2D eigenvalue weighted by atomic mass is 10.0. The fourth-order valence-electron chi connectivity index (χ4n) is 2.97. The third kappa shape index (κ3) is 1.31. The van der Waals surface area contributed by atoms with Gasteiger partial charge in [0.25, 0.3) is 0 Å². The van der Waals surface area contributed by atoms with E-state index in [4.69, 9.17) is 5.73 Å². The Morgan fingerprint density at radius 3 is 2.94 bits per heavy atom. The lowest BCUT2D eigenvalue weighted by Crippen LogP contribution is -2.43. The second-order valence-corrected chi connectivity index (χ2v) is 4.70. The molecule has 1 aromatic carbocycles. The van der Waals surface area contributed by atoms with E-state index in [0.717, 1.165) is 25.8 Å². The summed E-state index contributed by atoms with van der Waals surface area (Å²) in [4.78, 5) is 13.7. The van der Waals surface area contributed by atoms with Crippen molar-refractivity contribution in [3.63, 3.8) is 0 Å². The monoisotopic (exact) mass is 216 g/mol. The number of primary amides is 1. The summed E-state index contributed by atoms with van der Waals surface area (Å²) in [7, 11) is 0. The Hall–Kier alpha value is -1.51. The van der Waals surface area contributed by atoms with E-state index in [2.05, 4.69) is 23.1 Å². The number of benzene rings is 1. The molecule has 2 N–H and O–H groups in total. The number of rotatable bonds is 1. The molecule has 0 bridgehead atoms. The Labute approximate surface area is 95.2 Å². The van der Waals surface area contributed by atoms with Crippen LogP contribution in [0.2, 0.25) is 0 Å². The van der Waals surface area contributed by atoms with E-state index in [9.17, 15) is 4.79 Å². The smallest absolute Gasteiger partial charge is 0.240 e. The first-order valence-electron chi connectivity index (χ1n) is 5.94. The van der Waals surface area contributed by atoms with E-state index in [1.807, 2.05) is 0 Å². The van der Waals surface area contributed by atoms with Gasteiger partial charge < -0.3 is 10.6 Å². The molecular formula is C13H16N2O. The molecule has 0 radical (unpaired) electrons. The Bertz CT molecular complexity index is 442. The summed E-state index contributed by atoms with van der Waals surface area (Å²) in [6.07, 6.45) is 4.28. The van der Waals surface area contributed by atoms with Crippen molar-refractivity contribution in [2.45, 2.75) is 31.7 Å². The van der Waals surface area contributed by atoms with Gasteiger partial charge >= 0.3 is 0 Å². The molecular weight excluding hydrogens is 200 g/mol. The predicted octanol–water partition coefficient (Wildman–Crippen LogP) is 1.24. The highest BCUT2D eigenvalue weighted by atomic mass is 16.1. The predicted molar refractivity (Wildman–Crippen MR) is 63.4 cm³/mol. The fraction of sp³-hybridized carbons (Fsp3) is 0.462. The van der Waals surface area contributed by atoms with Gasteiger partial charge in [-0.3, -0.25) is 4.79 Å². The lowest BCUT2D eigenvalue weighted by Gasteiger charge is -2.24. The molecule has 0 spiro atoms. The number of amides is 1. The maximum atomic E-state index is 11.5. The van der Waals surface area contributed by atoms with Gasteiger partial charge in [0.2, 0.25) is 5.91 Å². The summed E-state index contributed by atoms with van der Waals surface area (Å²) in [6.45, 7) is 0.970. The molecule has 1 aromatic rings. The zero-order valence-corrected chi connectivity index (χ0v) is 9.28. The summed E-state index contributed by atoms with van der Waals surface area (Å²) < 4.78 is 0. The molecule has 3 heteroatoms. The van der Waals surface area contributed by atoms with Crippen molar-refractivity contribution in [1.82, 2.24) is 0 Å². The van der Waals surface area contributed by atoms with Crippen molar-refractivity contribution in [3.8, 4) is 0 Å². The fourth-order valence-corrected chi connectivity index (χ4v) is 2.97.